The molecule has 0 aromatic rings. The maximum atomic E-state index is 11.4. The summed E-state index contributed by atoms with van der Waals surface area (Å²) in [5.41, 5.74) is 0. The molecule has 1 saturated carbocycles. The monoisotopic (exact) mass is 231 g/mol. The molecule has 0 aliphatic heterocycles. The summed E-state index contributed by atoms with van der Waals surface area (Å²) < 4.78 is 15.2. The molecule has 0 aromatic heterocycles. The Morgan fingerprint density at radius 1 is 1.31 bits per heavy atom. The Morgan fingerprint density at radius 2 is 2.12 bits per heavy atom. The number of ether oxygens (including phenoxy) is 3. The van der Waals surface area contributed by atoms with Gasteiger partial charge in [-0.05, 0) is 19.3 Å². The van der Waals surface area contributed by atoms with E-state index in [0.717, 1.165) is 19.3 Å². The van der Waals surface area contributed by atoms with E-state index in [0.29, 0.717) is 19.3 Å². The number of carbonyl (C=O) groups is 1. The predicted octanol–water partition coefficient (Wildman–Crippen LogP) is 0.333. The summed E-state index contributed by atoms with van der Waals surface area (Å²) in [7, 11) is 3.32. The molecule has 1 aliphatic carbocycles. The summed E-state index contributed by atoms with van der Waals surface area (Å²) in [6, 6.07) is 0.239. The molecular formula is C11H21NO4. The van der Waals surface area contributed by atoms with Crippen LogP contribution in [0.3, 0.4) is 0 Å². The number of nitrogens with one attached hydrogen (secondary N) is 1. The predicted molar refractivity (Wildman–Crippen MR) is 59.3 cm³/mol. The molecule has 1 N–H and O–H groups in total. The topological polar surface area (TPSA) is 56.8 Å². The van der Waals surface area contributed by atoms with Crippen LogP contribution in [0.5, 0.6) is 0 Å². The normalized spacial score (nSPS) is 24.6. The van der Waals surface area contributed by atoms with Gasteiger partial charge in [-0.3, -0.25) is 4.79 Å². The van der Waals surface area contributed by atoms with Gasteiger partial charge >= 0.3 is 0 Å². The fourth-order valence-corrected chi connectivity index (χ4v) is 1.86. The van der Waals surface area contributed by atoms with Gasteiger partial charge in [-0.2, -0.15) is 0 Å². The lowest BCUT2D eigenvalue weighted by Crippen LogP contribution is -2.36. The van der Waals surface area contributed by atoms with E-state index >= 15 is 0 Å². The molecule has 0 spiro atoms. The maximum Gasteiger partial charge on any atom is 0.246 e. The van der Waals surface area contributed by atoms with Crippen molar-refractivity contribution < 1.29 is 19.0 Å². The van der Waals surface area contributed by atoms with E-state index in [1.165, 1.54) is 0 Å². The van der Waals surface area contributed by atoms with Crippen LogP contribution in [0.25, 0.3) is 0 Å². The van der Waals surface area contributed by atoms with Crippen molar-refractivity contribution in [1.82, 2.24) is 5.32 Å². The van der Waals surface area contributed by atoms with E-state index in [2.05, 4.69) is 5.32 Å². The largest absolute Gasteiger partial charge is 0.382 e. The van der Waals surface area contributed by atoms with Crippen LogP contribution < -0.4 is 5.32 Å². The van der Waals surface area contributed by atoms with Crippen LogP contribution in [0.2, 0.25) is 0 Å². The van der Waals surface area contributed by atoms with E-state index in [1.54, 1.807) is 14.2 Å². The molecule has 1 rings (SSSR count). The van der Waals surface area contributed by atoms with Crippen LogP contribution in [-0.2, 0) is 19.0 Å². The van der Waals surface area contributed by atoms with Gasteiger partial charge in [-0.15, -0.1) is 0 Å². The first-order valence-corrected chi connectivity index (χ1v) is 5.65. The van der Waals surface area contributed by atoms with Crippen molar-refractivity contribution in [3.05, 3.63) is 0 Å². The molecule has 2 atom stereocenters. The third-order valence-corrected chi connectivity index (χ3v) is 2.75. The first kappa shape index (κ1) is 13.4. The molecular weight excluding hydrogens is 210 g/mol. The van der Waals surface area contributed by atoms with Gasteiger partial charge in [-0.1, -0.05) is 0 Å². The van der Waals surface area contributed by atoms with Crippen LogP contribution in [0.1, 0.15) is 19.3 Å². The molecule has 1 aliphatic rings. The van der Waals surface area contributed by atoms with Crippen LogP contribution >= 0.6 is 0 Å². The lowest BCUT2D eigenvalue weighted by atomic mass is 10.2. The number of hydrogen-bond donors (Lipinski definition) is 1. The summed E-state index contributed by atoms with van der Waals surface area (Å²) in [5, 5.41) is 2.94. The standard InChI is InChI=1S/C11H21NO4/c1-14-5-6-16-8-11(13)12-9-3-4-10(7-9)15-2/h9-10H,3-8H2,1-2H3,(H,12,13). The average Bonchev–Trinajstić information content (AvgIpc) is 2.72. The first-order valence-electron chi connectivity index (χ1n) is 5.65. The Bertz CT molecular complexity index is 210. The fraction of sp³-hybridized carbons (Fsp3) is 0.909. The van der Waals surface area contributed by atoms with Gasteiger partial charge in [-0.25, -0.2) is 0 Å². The average molecular weight is 231 g/mol. The van der Waals surface area contributed by atoms with Crippen molar-refractivity contribution in [2.45, 2.75) is 31.4 Å². The van der Waals surface area contributed by atoms with Gasteiger partial charge in [0, 0.05) is 20.3 Å². The summed E-state index contributed by atoms with van der Waals surface area (Å²) in [6.45, 7) is 1.08. The minimum absolute atomic E-state index is 0.0575. The summed E-state index contributed by atoms with van der Waals surface area (Å²) in [6.07, 6.45) is 3.20. The van der Waals surface area contributed by atoms with E-state index in [1.807, 2.05) is 0 Å². The third-order valence-electron chi connectivity index (χ3n) is 2.75. The number of hydrogen-bond acceptors (Lipinski definition) is 4. The molecule has 1 fully saturated rings. The number of carbonyl (C=O) groups excluding carboxylic acids is 1. The minimum Gasteiger partial charge on any atom is -0.382 e. The molecule has 0 bridgehead atoms. The van der Waals surface area contributed by atoms with Gasteiger partial charge in [0.05, 0.1) is 19.3 Å². The summed E-state index contributed by atoms with van der Waals surface area (Å²) in [4.78, 5) is 11.4. The van der Waals surface area contributed by atoms with Gasteiger partial charge in [0.2, 0.25) is 5.91 Å². The Labute approximate surface area is 96.4 Å². The Hall–Kier alpha value is -0.650. The van der Waals surface area contributed by atoms with Crippen molar-refractivity contribution in [2.24, 2.45) is 0 Å². The zero-order valence-electron chi connectivity index (χ0n) is 10.0. The van der Waals surface area contributed by atoms with Gasteiger partial charge < -0.3 is 19.5 Å². The van der Waals surface area contributed by atoms with E-state index < -0.39 is 0 Å². The highest BCUT2D eigenvalue weighted by Crippen LogP contribution is 2.21. The zero-order valence-corrected chi connectivity index (χ0v) is 10.0. The number of amides is 1. The Morgan fingerprint density at radius 3 is 2.75 bits per heavy atom. The van der Waals surface area contributed by atoms with Crippen molar-refractivity contribution >= 4 is 5.91 Å². The Kier molecular flexibility index (Phi) is 6.37. The van der Waals surface area contributed by atoms with Crippen LogP contribution in [-0.4, -0.2) is 52.1 Å². The quantitative estimate of drug-likeness (QED) is 0.642. The summed E-state index contributed by atoms with van der Waals surface area (Å²) in [5.74, 6) is -0.0575. The Balaban J connectivity index is 2.06. The lowest BCUT2D eigenvalue weighted by molar-refractivity contribution is -0.126. The highest BCUT2D eigenvalue weighted by molar-refractivity contribution is 5.77. The summed E-state index contributed by atoms with van der Waals surface area (Å²) >= 11 is 0. The minimum atomic E-state index is -0.0575. The molecule has 1 amide bonds. The molecule has 0 radical (unpaired) electrons. The van der Waals surface area contributed by atoms with Gasteiger partial charge in [0.1, 0.15) is 6.61 Å². The van der Waals surface area contributed by atoms with E-state index in [4.69, 9.17) is 14.2 Å². The van der Waals surface area contributed by atoms with Gasteiger partial charge in [0.25, 0.3) is 0 Å². The van der Waals surface area contributed by atoms with E-state index in [9.17, 15) is 4.79 Å². The maximum absolute atomic E-state index is 11.4. The van der Waals surface area contributed by atoms with Crippen molar-refractivity contribution in [2.75, 3.05) is 34.0 Å². The second-order valence-corrected chi connectivity index (χ2v) is 3.98. The van der Waals surface area contributed by atoms with Crippen molar-refractivity contribution in [3.8, 4) is 0 Å². The third kappa shape index (κ3) is 4.92. The number of rotatable bonds is 7. The van der Waals surface area contributed by atoms with E-state index in [-0.39, 0.29) is 18.6 Å². The highest BCUT2D eigenvalue weighted by atomic mass is 16.5. The SMILES string of the molecule is COCCOCC(=O)NC1CCC(OC)C1. The van der Waals surface area contributed by atoms with Crippen molar-refractivity contribution in [3.63, 3.8) is 0 Å². The molecule has 5 nitrogen and oxygen atoms in total. The molecule has 0 aromatic carbocycles. The molecule has 0 saturated heterocycles. The smallest absolute Gasteiger partial charge is 0.246 e. The van der Waals surface area contributed by atoms with Crippen LogP contribution in [0.15, 0.2) is 0 Å². The second kappa shape index (κ2) is 7.60. The molecule has 0 heterocycles. The molecule has 2 unspecified atom stereocenters. The lowest BCUT2D eigenvalue weighted by Gasteiger charge is -2.12. The van der Waals surface area contributed by atoms with Crippen LogP contribution in [0, 0.1) is 0 Å². The number of methoxy groups -OCH3 is 2. The molecule has 94 valence electrons. The second-order valence-electron chi connectivity index (χ2n) is 3.98. The van der Waals surface area contributed by atoms with Crippen molar-refractivity contribution in [1.29, 1.82) is 0 Å². The highest BCUT2D eigenvalue weighted by Gasteiger charge is 2.25. The fourth-order valence-electron chi connectivity index (χ4n) is 1.86. The molecule has 16 heavy (non-hydrogen) atoms. The zero-order chi connectivity index (χ0) is 11.8. The van der Waals surface area contributed by atoms with Gasteiger partial charge in [0.15, 0.2) is 0 Å². The first-order chi connectivity index (χ1) is 7.76. The van der Waals surface area contributed by atoms with Crippen LogP contribution in [0.4, 0.5) is 0 Å². The molecule has 5 heteroatoms.